The Morgan fingerprint density at radius 2 is 2.00 bits per heavy atom. The van der Waals surface area contributed by atoms with Crippen molar-refractivity contribution >= 4 is 0 Å². The van der Waals surface area contributed by atoms with E-state index in [9.17, 15) is 18.0 Å². The fourth-order valence-corrected chi connectivity index (χ4v) is 1.31. The molecule has 1 atom stereocenters. The van der Waals surface area contributed by atoms with E-state index >= 15 is 0 Å². The molecule has 1 heterocycles. The fraction of sp³-hybridized carbons (Fsp3) is 0.667. The van der Waals surface area contributed by atoms with E-state index in [-0.39, 0.29) is 11.6 Å². The monoisotopic (exact) mass is 222 g/mol. The van der Waals surface area contributed by atoms with Gasteiger partial charge in [-0.2, -0.15) is 13.2 Å². The largest absolute Gasteiger partial charge is 0.433 e. The van der Waals surface area contributed by atoms with Gasteiger partial charge in [0.2, 0.25) is 0 Å². The van der Waals surface area contributed by atoms with E-state index < -0.39 is 17.4 Å². The third-order valence-corrected chi connectivity index (χ3v) is 2.46. The smallest absolute Gasteiger partial charge is 0.291 e. The van der Waals surface area contributed by atoms with Crippen molar-refractivity contribution in [3.05, 3.63) is 21.6 Å². The second kappa shape index (κ2) is 3.75. The van der Waals surface area contributed by atoms with Crippen LogP contribution in [0.2, 0.25) is 0 Å². The molecule has 0 spiro atoms. The maximum atomic E-state index is 12.4. The highest BCUT2D eigenvalue weighted by Gasteiger charge is 2.36. The molecule has 6 heteroatoms. The number of alkyl halides is 3. The lowest BCUT2D eigenvalue weighted by molar-refractivity contribution is -0.142. The summed E-state index contributed by atoms with van der Waals surface area (Å²) in [5, 5.41) is 2.12. The van der Waals surface area contributed by atoms with Crippen LogP contribution in [-0.2, 0) is 6.18 Å². The van der Waals surface area contributed by atoms with Gasteiger partial charge in [-0.15, -0.1) is 0 Å². The van der Waals surface area contributed by atoms with Crippen LogP contribution in [0.5, 0.6) is 0 Å². The van der Waals surface area contributed by atoms with Crippen molar-refractivity contribution in [1.82, 2.24) is 9.78 Å². The number of halogens is 3. The van der Waals surface area contributed by atoms with Gasteiger partial charge < -0.3 is 0 Å². The molecule has 0 aromatic carbocycles. The van der Waals surface area contributed by atoms with Gasteiger partial charge in [0.1, 0.15) is 5.69 Å². The van der Waals surface area contributed by atoms with E-state index in [0.29, 0.717) is 6.42 Å². The predicted octanol–water partition coefficient (Wildman–Crippen LogP) is 2.47. The maximum Gasteiger partial charge on any atom is 0.433 e. The van der Waals surface area contributed by atoms with Crippen LogP contribution < -0.4 is 5.56 Å². The van der Waals surface area contributed by atoms with Crippen molar-refractivity contribution in [3.8, 4) is 0 Å². The fourth-order valence-electron chi connectivity index (χ4n) is 1.31. The highest BCUT2D eigenvalue weighted by molar-refractivity contribution is 5.18. The quantitative estimate of drug-likeness (QED) is 0.820. The van der Waals surface area contributed by atoms with Gasteiger partial charge in [0.05, 0.1) is 6.04 Å². The highest BCUT2D eigenvalue weighted by Crippen LogP contribution is 2.29. The first-order chi connectivity index (χ1) is 6.79. The molecule has 86 valence electrons. The zero-order valence-electron chi connectivity index (χ0n) is 8.77. The zero-order valence-corrected chi connectivity index (χ0v) is 8.77. The summed E-state index contributed by atoms with van der Waals surface area (Å²) in [4.78, 5) is 11.5. The number of nitrogens with zero attached hydrogens (tertiary/aromatic N) is 1. The minimum Gasteiger partial charge on any atom is -0.291 e. The molecule has 0 aliphatic rings. The first-order valence-corrected chi connectivity index (χ1v) is 4.67. The van der Waals surface area contributed by atoms with E-state index in [1.54, 1.807) is 13.8 Å². The van der Waals surface area contributed by atoms with E-state index in [1.807, 2.05) is 0 Å². The van der Waals surface area contributed by atoms with Crippen LogP contribution in [0, 0.1) is 6.92 Å². The second-order valence-corrected chi connectivity index (χ2v) is 3.54. The third kappa shape index (κ3) is 2.08. The number of hydrogen-bond acceptors (Lipinski definition) is 1. The van der Waals surface area contributed by atoms with Gasteiger partial charge in [-0.3, -0.25) is 9.89 Å². The highest BCUT2D eigenvalue weighted by atomic mass is 19.4. The van der Waals surface area contributed by atoms with Crippen LogP contribution in [0.15, 0.2) is 4.79 Å². The van der Waals surface area contributed by atoms with E-state index in [4.69, 9.17) is 0 Å². The van der Waals surface area contributed by atoms with Crippen molar-refractivity contribution < 1.29 is 13.2 Å². The van der Waals surface area contributed by atoms with Crippen molar-refractivity contribution in [1.29, 1.82) is 0 Å². The van der Waals surface area contributed by atoms with E-state index in [0.717, 1.165) is 4.68 Å². The maximum absolute atomic E-state index is 12.4. The molecule has 0 amide bonds. The molecule has 0 aliphatic heterocycles. The molecule has 0 saturated heterocycles. The molecular weight excluding hydrogens is 209 g/mol. The third-order valence-electron chi connectivity index (χ3n) is 2.46. The van der Waals surface area contributed by atoms with Gasteiger partial charge in [-0.25, -0.2) is 4.68 Å². The molecule has 1 rings (SSSR count). The first-order valence-electron chi connectivity index (χ1n) is 4.67. The molecule has 0 bridgehead atoms. The van der Waals surface area contributed by atoms with E-state index in [2.05, 4.69) is 5.10 Å². The van der Waals surface area contributed by atoms with Gasteiger partial charge in [0.25, 0.3) is 5.56 Å². The Balaban J connectivity index is 3.31. The molecule has 15 heavy (non-hydrogen) atoms. The molecule has 1 N–H and O–H groups in total. The van der Waals surface area contributed by atoms with Crippen molar-refractivity contribution in [3.63, 3.8) is 0 Å². The van der Waals surface area contributed by atoms with Gasteiger partial charge in [0, 0.05) is 5.56 Å². The van der Waals surface area contributed by atoms with Crippen molar-refractivity contribution in [2.24, 2.45) is 0 Å². The Labute approximate surface area is 84.9 Å². The Morgan fingerprint density at radius 1 is 1.47 bits per heavy atom. The average Bonchev–Trinajstić information content (AvgIpc) is 2.42. The Morgan fingerprint density at radius 3 is 2.33 bits per heavy atom. The lowest BCUT2D eigenvalue weighted by Gasteiger charge is -2.09. The topological polar surface area (TPSA) is 37.8 Å². The number of hydrogen-bond donors (Lipinski definition) is 1. The lowest BCUT2D eigenvalue weighted by atomic mass is 10.2. The molecule has 1 unspecified atom stereocenters. The number of aromatic nitrogens is 2. The average molecular weight is 222 g/mol. The summed E-state index contributed by atoms with van der Waals surface area (Å²) in [6, 6.07) is -0.257. The molecule has 0 aliphatic carbocycles. The Bertz CT molecular complexity index is 402. The van der Waals surface area contributed by atoms with Gasteiger partial charge in [-0.1, -0.05) is 6.92 Å². The van der Waals surface area contributed by atoms with Crippen LogP contribution in [0.3, 0.4) is 0 Å². The molecule has 0 radical (unpaired) electrons. The summed E-state index contributed by atoms with van der Waals surface area (Å²) in [6.45, 7) is 4.68. The van der Waals surface area contributed by atoms with E-state index in [1.165, 1.54) is 6.92 Å². The van der Waals surface area contributed by atoms with Crippen molar-refractivity contribution in [2.45, 2.75) is 39.4 Å². The Hall–Kier alpha value is -1.20. The van der Waals surface area contributed by atoms with Crippen LogP contribution in [-0.4, -0.2) is 9.78 Å². The van der Waals surface area contributed by atoms with Gasteiger partial charge >= 0.3 is 6.18 Å². The number of nitrogens with one attached hydrogen (secondary N) is 1. The summed E-state index contributed by atoms with van der Waals surface area (Å²) in [5.41, 5.74) is -1.83. The summed E-state index contributed by atoms with van der Waals surface area (Å²) in [5.74, 6) is 0. The van der Waals surface area contributed by atoms with Crippen LogP contribution >= 0.6 is 0 Å². The van der Waals surface area contributed by atoms with Gasteiger partial charge in [0.15, 0.2) is 0 Å². The van der Waals surface area contributed by atoms with Crippen LogP contribution in [0.4, 0.5) is 13.2 Å². The van der Waals surface area contributed by atoms with Crippen LogP contribution in [0.1, 0.15) is 37.6 Å². The summed E-state index contributed by atoms with van der Waals surface area (Å²) in [7, 11) is 0. The second-order valence-electron chi connectivity index (χ2n) is 3.54. The first kappa shape index (κ1) is 11.9. The Kier molecular flexibility index (Phi) is 2.97. The normalized spacial score (nSPS) is 14.3. The zero-order chi connectivity index (χ0) is 11.8. The number of rotatable bonds is 2. The van der Waals surface area contributed by atoms with Crippen LogP contribution in [0.25, 0.3) is 0 Å². The minimum absolute atomic E-state index is 0.257. The molecular formula is C9H13F3N2O. The minimum atomic E-state index is -4.50. The van der Waals surface area contributed by atoms with Crippen molar-refractivity contribution in [2.75, 3.05) is 0 Å². The molecule has 0 saturated carbocycles. The predicted molar refractivity (Wildman–Crippen MR) is 49.8 cm³/mol. The standard InChI is InChI=1S/C9H13F3N2O/c1-4-5(2)14-8(15)6(3)7(13-14)9(10,11)12/h5,13H,4H2,1-3H3. The summed E-state index contributed by atoms with van der Waals surface area (Å²) in [6.07, 6.45) is -3.90. The number of H-pyrrole nitrogens is 1. The summed E-state index contributed by atoms with van der Waals surface area (Å²) >= 11 is 0. The molecule has 1 aromatic rings. The molecule has 3 nitrogen and oxygen atoms in total. The molecule has 1 aromatic heterocycles. The SMILES string of the molecule is CCC(C)n1[nH]c(C(F)(F)F)c(C)c1=O. The number of aromatic amines is 1. The summed E-state index contributed by atoms with van der Waals surface area (Å²) < 4.78 is 38.3. The lowest BCUT2D eigenvalue weighted by Crippen LogP contribution is -2.21. The molecule has 0 fully saturated rings. The van der Waals surface area contributed by atoms with Gasteiger partial charge in [-0.05, 0) is 20.3 Å².